The van der Waals surface area contributed by atoms with Crippen LogP contribution >= 0.6 is 58.6 Å². The van der Waals surface area contributed by atoms with Crippen LogP contribution in [0, 0.1) is 0 Å². The van der Waals surface area contributed by atoms with Crippen LogP contribution in [0.1, 0.15) is 20.7 Å². The van der Waals surface area contributed by atoms with Gasteiger partial charge in [0.2, 0.25) is 3.79 Å². The summed E-state index contributed by atoms with van der Waals surface area (Å²) >= 11 is 29.0. The number of aromatic carboxylic acids is 1. The van der Waals surface area contributed by atoms with Crippen LogP contribution in [-0.2, 0) is 0 Å². The van der Waals surface area contributed by atoms with Crippen LogP contribution in [0.2, 0.25) is 5.02 Å². The molecule has 1 unspecified atom stereocenters. The Kier molecular flexibility index (Phi) is 7.74. The summed E-state index contributed by atoms with van der Waals surface area (Å²) in [6, 6.07) is 12.2. The van der Waals surface area contributed by atoms with Gasteiger partial charge in [0.05, 0.1) is 16.1 Å². The van der Waals surface area contributed by atoms with Gasteiger partial charge in [-0.05, 0) is 48.6 Å². The van der Waals surface area contributed by atoms with Crippen LogP contribution in [0.25, 0.3) is 0 Å². The first-order chi connectivity index (χ1) is 13.1. The van der Waals surface area contributed by atoms with E-state index in [0.717, 1.165) is 0 Å². The minimum absolute atomic E-state index is 0.0406. The molecule has 2 aromatic carbocycles. The molecule has 1 atom stereocenters. The van der Waals surface area contributed by atoms with Crippen molar-refractivity contribution in [1.82, 2.24) is 10.6 Å². The number of hydrogen-bond acceptors (Lipinski definition) is 3. The number of nitrogens with one attached hydrogen (secondary N) is 3. The summed E-state index contributed by atoms with van der Waals surface area (Å²) in [5.41, 5.74) is 0.826. The Morgan fingerprint density at radius 2 is 1.61 bits per heavy atom. The molecule has 0 aliphatic rings. The third-order valence-corrected chi connectivity index (χ3v) is 4.59. The molecule has 0 heterocycles. The molecular formula is C17H13Cl4N3O3S. The summed E-state index contributed by atoms with van der Waals surface area (Å²) in [7, 11) is 0. The highest BCUT2D eigenvalue weighted by Crippen LogP contribution is 2.29. The molecule has 0 spiro atoms. The summed E-state index contributed by atoms with van der Waals surface area (Å²) in [6.45, 7) is 0. The quantitative estimate of drug-likeness (QED) is 0.287. The number of anilines is 1. The average Bonchev–Trinajstić information content (AvgIpc) is 2.61. The van der Waals surface area contributed by atoms with E-state index in [0.29, 0.717) is 5.69 Å². The van der Waals surface area contributed by atoms with E-state index in [1.165, 1.54) is 30.3 Å². The van der Waals surface area contributed by atoms with Crippen LogP contribution in [0.3, 0.4) is 0 Å². The number of carboxylic acids is 1. The molecule has 0 bridgehead atoms. The first kappa shape index (κ1) is 22.5. The van der Waals surface area contributed by atoms with Gasteiger partial charge in [-0.3, -0.25) is 4.79 Å². The molecule has 148 valence electrons. The third kappa shape index (κ3) is 6.39. The van der Waals surface area contributed by atoms with E-state index < -0.39 is 21.8 Å². The zero-order chi connectivity index (χ0) is 20.9. The number of hydrogen-bond donors (Lipinski definition) is 4. The number of carboxylic acid groups (broad SMARTS) is 1. The number of halogens is 4. The Bertz CT molecular complexity index is 888. The van der Waals surface area contributed by atoms with Gasteiger partial charge < -0.3 is 21.1 Å². The molecule has 0 aliphatic heterocycles. The predicted molar refractivity (Wildman–Crippen MR) is 116 cm³/mol. The summed E-state index contributed by atoms with van der Waals surface area (Å²) < 4.78 is -1.93. The number of carbonyl (C=O) groups is 2. The van der Waals surface area contributed by atoms with Crippen LogP contribution in [0.5, 0.6) is 0 Å². The summed E-state index contributed by atoms with van der Waals surface area (Å²) in [5, 5.41) is 17.2. The standard InChI is InChI=1S/C17H13Cl4N3O3S/c18-12-4-2-1-3-11(12)13(25)23-15(17(19,20)21)24-16(28)22-10-7-5-9(6-8-10)14(26)27/h1-8,15H,(H,23,25)(H,26,27)(H2,22,24,28). The van der Waals surface area contributed by atoms with E-state index in [2.05, 4.69) is 16.0 Å². The molecule has 0 radical (unpaired) electrons. The van der Waals surface area contributed by atoms with Crippen molar-refractivity contribution >= 4 is 81.3 Å². The van der Waals surface area contributed by atoms with E-state index in [9.17, 15) is 9.59 Å². The molecule has 6 nitrogen and oxygen atoms in total. The molecule has 2 rings (SSSR count). The smallest absolute Gasteiger partial charge is 0.335 e. The van der Waals surface area contributed by atoms with Gasteiger partial charge in [-0.15, -0.1) is 0 Å². The molecule has 0 saturated carbocycles. The van der Waals surface area contributed by atoms with Crippen molar-refractivity contribution in [2.45, 2.75) is 9.96 Å². The average molecular weight is 481 g/mol. The maximum atomic E-state index is 12.4. The van der Waals surface area contributed by atoms with Crippen LogP contribution in [-0.4, -0.2) is 32.1 Å². The van der Waals surface area contributed by atoms with E-state index in [4.69, 9.17) is 63.7 Å². The Labute approximate surface area is 186 Å². The molecule has 11 heteroatoms. The predicted octanol–water partition coefficient (Wildman–Crippen LogP) is 4.45. The number of benzene rings is 2. The normalized spacial score (nSPS) is 12.0. The highest BCUT2D eigenvalue weighted by atomic mass is 35.6. The van der Waals surface area contributed by atoms with Gasteiger partial charge in [-0.1, -0.05) is 58.5 Å². The van der Waals surface area contributed by atoms with Crippen molar-refractivity contribution in [3.8, 4) is 0 Å². The van der Waals surface area contributed by atoms with E-state index in [-0.39, 0.29) is 21.3 Å². The number of rotatable bonds is 5. The molecule has 1 amide bonds. The zero-order valence-electron chi connectivity index (χ0n) is 13.9. The van der Waals surface area contributed by atoms with E-state index in [1.54, 1.807) is 18.2 Å². The number of thiocarbonyl (C=S) groups is 1. The second-order valence-corrected chi connectivity index (χ2v) is 8.59. The molecule has 0 fully saturated rings. The lowest BCUT2D eigenvalue weighted by Gasteiger charge is -2.28. The number of amides is 1. The minimum Gasteiger partial charge on any atom is -0.478 e. The van der Waals surface area contributed by atoms with Crippen molar-refractivity contribution in [2.24, 2.45) is 0 Å². The maximum Gasteiger partial charge on any atom is 0.335 e. The molecular weight excluding hydrogens is 468 g/mol. The zero-order valence-corrected chi connectivity index (χ0v) is 17.7. The maximum absolute atomic E-state index is 12.4. The Morgan fingerprint density at radius 3 is 2.14 bits per heavy atom. The lowest BCUT2D eigenvalue weighted by molar-refractivity contribution is 0.0696. The lowest BCUT2D eigenvalue weighted by Crippen LogP contribution is -2.56. The molecule has 0 saturated heterocycles. The van der Waals surface area contributed by atoms with Gasteiger partial charge >= 0.3 is 5.97 Å². The number of alkyl halides is 3. The highest BCUT2D eigenvalue weighted by molar-refractivity contribution is 7.80. The Hall–Kier alpha value is -1.77. The van der Waals surface area contributed by atoms with Crippen molar-refractivity contribution in [3.63, 3.8) is 0 Å². The van der Waals surface area contributed by atoms with Crippen molar-refractivity contribution in [3.05, 3.63) is 64.7 Å². The van der Waals surface area contributed by atoms with Gasteiger partial charge in [0.15, 0.2) is 5.11 Å². The topological polar surface area (TPSA) is 90.5 Å². The van der Waals surface area contributed by atoms with Gasteiger partial charge in [0, 0.05) is 5.69 Å². The van der Waals surface area contributed by atoms with Crippen molar-refractivity contribution in [1.29, 1.82) is 0 Å². The minimum atomic E-state index is -1.93. The second kappa shape index (κ2) is 9.62. The van der Waals surface area contributed by atoms with Crippen molar-refractivity contribution < 1.29 is 14.7 Å². The molecule has 0 aliphatic carbocycles. The van der Waals surface area contributed by atoms with Gasteiger partial charge in [-0.25, -0.2) is 4.79 Å². The monoisotopic (exact) mass is 479 g/mol. The van der Waals surface area contributed by atoms with Gasteiger partial charge in [-0.2, -0.15) is 0 Å². The fraction of sp³-hybridized carbons (Fsp3) is 0.118. The fourth-order valence-electron chi connectivity index (χ4n) is 2.05. The fourth-order valence-corrected chi connectivity index (χ4v) is 2.83. The molecule has 28 heavy (non-hydrogen) atoms. The first-order valence-corrected chi connectivity index (χ1v) is 9.53. The highest BCUT2D eigenvalue weighted by Gasteiger charge is 2.35. The molecule has 0 aromatic heterocycles. The Morgan fingerprint density at radius 1 is 1.00 bits per heavy atom. The Balaban J connectivity index is 2.07. The summed E-state index contributed by atoms with van der Waals surface area (Å²) in [4.78, 5) is 23.3. The van der Waals surface area contributed by atoms with Crippen LogP contribution in [0.15, 0.2) is 48.5 Å². The molecule has 4 N–H and O–H groups in total. The van der Waals surface area contributed by atoms with E-state index in [1.807, 2.05) is 0 Å². The van der Waals surface area contributed by atoms with Crippen LogP contribution in [0.4, 0.5) is 5.69 Å². The third-order valence-electron chi connectivity index (χ3n) is 3.39. The molecule has 2 aromatic rings. The van der Waals surface area contributed by atoms with Crippen LogP contribution < -0.4 is 16.0 Å². The van der Waals surface area contributed by atoms with Gasteiger partial charge in [0.1, 0.15) is 6.17 Å². The second-order valence-electron chi connectivity index (χ2n) is 5.41. The first-order valence-electron chi connectivity index (χ1n) is 7.61. The lowest BCUT2D eigenvalue weighted by atomic mass is 10.2. The SMILES string of the molecule is O=C(O)c1ccc(NC(=S)NC(NC(=O)c2ccccc2Cl)C(Cl)(Cl)Cl)cc1. The van der Waals surface area contributed by atoms with Gasteiger partial charge in [0.25, 0.3) is 5.91 Å². The summed E-state index contributed by atoms with van der Waals surface area (Å²) in [5.74, 6) is -1.62. The van der Waals surface area contributed by atoms with E-state index >= 15 is 0 Å². The largest absolute Gasteiger partial charge is 0.478 e. The van der Waals surface area contributed by atoms with Crippen molar-refractivity contribution in [2.75, 3.05) is 5.32 Å². The summed E-state index contributed by atoms with van der Waals surface area (Å²) in [6.07, 6.45) is -1.18. The number of carbonyl (C=O) groups excluding carboxylic acids is 1.